The molecule has 0 atom stereocenters. The zero-order valence-electron chi connectivity index (χ0n) is 9.80. The molecular formula is C10H16N4OS. The molecule has 2 rings (SSSR count). The summed E-state index contributed by atoms with van der Waals surface area (Å²) in [6, 6.07) is 2.00. The molecule has 2 amide bonds. The van der Waals surface area contributed by atoms with E-state index in [1.807, 2.05) is 20.0 Å². The van der Waals surface area contributed by atoms with Crippen molar-refractivity contribution in [1.82, 2.24) is 14.2 Å². The van der Waals surface area contributed by atoms with Crippen LogP contribution in [0.3, 0.4) is 0 Å². The van der Waals surface area contributed by atoms with E-state index in [4.69, 9.17) is 0 Å². The van der Waals surface area contributed by atoms with Crippen molar-refractivity contribution < 1.29 is 4.79 Å². The highest BCUT2D eigenvalue weighted by molar-refractivity contribution is 7.10. The summed E-state index contributed by atoms with van der Waals surface area (Å²) in [5.41, 5.74) is 0.962. The maximum absolute atomic E-state index is 12.0. The van der Waals surface area contributed by atoms with Crippen molar-refractivity contribution >= 4 is 22.6 Å². The summed E-state index contributed by atoms with van der Waals surface area (Å²) in [6.07, 6.45) is 0. The van der Waals surface area contributed by atoms with Crippen LogP contribution >= 0.6 is 11.5 Å². The Labute approximate surface area is 99.4 Å². The average molecular weight is 240 g/mol. The molecule has 0 spiro atoms. The quantitative estimate of drug-likeness (QED) is 0.787. The van der Waals surface area contributed by atoms with Crippen molar-refractivity contribution in [2.75, 3.05) is 31.8 Å². The first-order chi connectivity index (χ1) is 7.61. The van der Waals surface area contributed by atoms with Gasteiger partial charge in [-0.2, -0.15) is 4.37 Å². The lowest BCUT2D eigenvalue weighted by molar-refractivity contribution is 0.135. The number of carbonyl (C=O) groups excluding carboxylic acids is 1. The number of aryl methyl sites for hydroxylation is 1. The fraction of sp³-hybridized carbons (Fsp3) is 0.600. The number of hydrogen-bond acceptors (Lipinski definition) is 4. The lowest BCUT2D eigenvalue weighted by Gasteiger charge is -2.39. The first kappa shape index (κ1) is 11.3. The zero-order valence-corrected chi connectivity index (χ0v) is 10.6. The maximum Gasteiger partial charge on any atom is 0.327 e. The number of carbonyl (C=O) groups is 1. The molecule has 1 aliphatic heterocycles. The molecule has 0 unspecified atom stereocenters. The van der Waals surface area contributed by atoms with E-state index in [0.29, 0.717) is 13.3 Å². The van der Waals surface area contributed by atoms with E-state index < -0.39 is 0 Å². The molecule has 0 bridgehead atoms. The highest BCUT2D eigenvalue weighted by atomic mass is 32.1. The van der Waals surface area contributed by atoms with E-state index in [2.05, 4.69) is 16.2 Å². The number of rotatable bonds is 2. The van der Waals surface area contributed by atoms with E-state index in [0.717, 1.165) is 17.2 Å². The summed E-state index contributed by atoms with van der Waals surface area (Å²) in [6.45, 7) is 6.33. The predicted octanol–water partition coefficient (Wildman–Crippen LogP) is 1.56. The molecule has 16 heavy (non-hydrogen) atoms. The van der Waals surface area contributed by atoms with Crippen LogP contribution in [0.15, 0.2) is 6.07 Å². The van der Waals surface area contributed by atoms with E-state index in [-0.39, 0.29) is 6.03 Å². The monoisotopic (exact) mass is 240 g/mol. The minimum Gasteiger partial charge on any atom is -0.314 e. The van der Waals surface area contributed by atoms with Gasteiger partial charge in [-0.15, -0.1) is 0 Å². The smallest absolute Gasteiger partial charge is 0.314 e. The van der Waals surface area contributed by atoms with Gasteiger partial charge in [-0.05, 0) is 31.1 Å². The van der Waals surface area contributed by atoms with Crippen LogP contribution in [0.2, 0.25) is 0 Å². The van der Waals surface area contributed by atoms with Gasteiger partial charge in [0, 0.05) is 7.05 Å². The van der Waals surface area contributed by atoms with Gasteiger partial charge >= 0.3 is 6.03 Å². The van der Waals surface area contributed by atoms with Crippen LogP contribution in [0.25, 0.3) is 0 Å². The molecule has 1 fully saturated rings. The standard InChI is InChI=1S/C10H16N4OS/c1-4-13-6-12(3)10(15)14(7-13)9-5-8(2)11-16-9/h5H,4,6-7H2,1-3H3. The van der Waals surface area contributed by atoms with Gasteiger partial charge in [-0.3, -0.25) is 9.80 Å². The number of aromatic nitrogens is 1. The van der Waals surface area contributed by atoms with Crippen molar-refractivity contribution in [2.24, 2.45) is 0 Å². The summed E-state index contributed by atoms with van der Waals surface area (Å²) in [4.78, 5) is 17.7. The molecule has 0 aromatic carbocycles. The first-order valence-electron chi connectivity index (χ1n) is 5.30. The Kier molecular flexibility index (Phi) is 3.11. The summed E-state index contributed by atoms with van der Waals surface area (Å²) >= 11 is 1.38. The van der Waals surface area contributed by atoms with Crippen molar-refractivity contribution in [2.45, 2.75) is 13.8 Å². The second kappa shape index (κ2) is 4.39. The number of hydrogen-bond donors (Lipinski definition) is 0. The molecule has 0 N–H and O–H groups in total. The third kappa shape index (κ3) is 2.03. The second-order valence-electron chi connectivity index (χ2n) is 3.98. The van der Waals surface area contributed by atoms with E-state index in [1.165, 1.54) is 11.5 Å². The number of anilines is 1. The van der Waals surface area contributed by atoms with E-state index in [1.54, 1.807) is 9.80 Å². The average Bonchev–Trinajstić information content (AvgIpc) is 2.68. The van der Waals surface area contributed by atoms with Crippen molar-refractivity contribution in [3.05, 3.63) is 11.8 Å². The SMILES string of the molecule is CCN1CN(C)C(=O)N(c2cc(C)ns2)C1. The molecule has 6 heteroatoms. The molecule has 1 aromatic rings. The van der Waals surface area contributed by atoms with Crippen molar-refractivity contribution in [3.63, 3.8) is 0 Å². The van der Waals surface area contributed by atoms with Gasteiger partial charge in [0.2, 0.25) is 0 Å². The molecule has 5 nitrogen and oxygen atoms in total. The first-order valence-corrected chi connectivity index (χ1v) is 6.07. The van der Waals surface area contributed by atoms with Crippen LogP contribution in [0.5, 0.6) is 0 Å². The summed E-state index contributed by atoms with van der Waals surface area (Å²) in [5.74, 6) is 0. The lowest BCUT2D eigenvalue weighted by Crippen LogP contribution is -2.56. The van der Waals surface area contributed by atoms with Crippen LogP contribution in [0.4, 0.5) is 9.80 Å². The molecule has 0 radical (unpaired) electrons. The Morgan fingerprint density at radius 2 is 2.25 bits per heavy atom. The minimum absolute atomic E-state index is 0.0494. The van der Waals surface area contributed by atoms with Gasteiger partial charge < -0.3 is 4.90 Å². The zero-order chi connectivity index (χ0) is 11.7. The largest absolute Gasteiger partial charge is 0.327 e. The minimum atomic E-state index is 0.0494. The third-order valence-corrected chi connectivity index (χ3v) is 3.54. The molecular weight excluding hydrogens is 224 g/mol. The fourth-order valence-corrected chi connectivity index (χ4v) is 2.46. The van der Waals surface area contributed by atoms with Gasteiger partial charge in [-0.25, -0.2) is 4.79 Å². The van der Waals surface area contributed by atoms with Gasteiger partial charge in [0.05, 0.1) is 19.0 Å². The molecule has 0 saturated carbocycles. The Bertz CT molecular complexity index is 392. The topological polar surface area (TPSA) is 39.7 Å². The van der Waals surface area contributed by atoms with E-state index in [9.17, 15) is 4.79 Å². The van der Waals surface area contributed by atoms with Crippen LogP contribution in [-0.4, -0.2) is 47.1 Å². The Balaban J connectivity index is 2.21. The highest BCUT2D eigenvalue weighted by Gasteiger charge is 2.29. The van der Waals surface area contributed by atoms with Crippen LogP contribution in [0.1, 0.15) is 12.6 Å². The van der Waals surface area contributed by atoms with Crippen molar-refractivity contribution in [1.29, 1.82) is 0 Å². The number of amides is 2. The Morgan fingerprint density at radius 1 is 1.50 bits per heavy atom. The summed E-state index contributed by atoms with van der Waals surface area (Å²) < 4.78 is 4.21. The Hall–Kier alpha value is -1.14. The fourth-order valence-electron chi connectivity index (χ4n) is 1.71. The molecule has 1 aliphatic rings. The predicted molar refractivity (Wildman–Crippen MR) is 64.6 cm³/mol. The lowest BCUT2D eigenvalue weighted by atomic mass is 10.4. The third-order valence-electron chi connectivity index (χ3n) is 2.64. The molecule has 1 saturated heterocycles. The highest BCUT2D eigenvalue weighted by Crippen LogP contribution is 2.24. The number of urea groups is 1. The summed E-state index contributed by atoms with van der Waals surface area (Å²) in [7, 11) is 1.82. The molecule has 1 aromatic heterocycles. The molecule has 2 heterocycles. The normalized spacial score (nSPS) is 18.3. The van der Waals surface area contributed by atoms with Crippen LogP contribution in [0, 0.1) is 6.92 Å². The van der Waals surface area contributed by atoms with Gasteiger partial charge in [0.25, 0.3) is 0 Å². The molecule has 0 aliphatic carbocycles. The van der Waals surface area contributed by atoms with Gasteiger partial charge in [-0.1, -0.05) is 6.92 Å². The van der Waals surface area contributed by atoms with Gasteiger partial charge in [0.15, 0.2) is 0 Å². The van der Waals surface area contributed by atoms with Crippen LogP contribution in [-0.2, 0) is 0 Å². The summed E-state index contributed by atoms with van der Waals surface area (Å²) in [5, 5.41) is 0.924. The second-order valence-corrected chi connectivity index (χ2v) is 4.77. The van der Waals surface area contributed by atoms with Gasteiger partial charge in [0.1, 0.15) is 5.00 Å². The molecule has 88 valence electrons. The van der Waals surface area contributed by atoms with E-state index >= 15 is 0 Å². The number of nitrogens with zero attached hydrogens (tertiary/aromatic N) is 4. The van der Waals surface area contributed by atoms with Crippen molar-refractivity contribution in [3.8, 4) is 0 Å². The maximum atomic E-state index is 12.0. The Morgan fingerprint density at radius 3 is 2.81 bits per heavy atom. The van der Waals surface area contributed by atoms with Crippen LogP contribution < -0.4 is 4.90 Å².